The van der Waals surface area contributed by atoms with E-state index in [2.05, 4.69) is 36.5 Å². The Bertz CT molecular complexity index is 1230. The predicted octanol–water partition coefficient (Wildman–Crippen LogP) is -0.00800. The first-order chi connectivity index (χ1) is 17.1. The number of hydrogen-bond donors (Lipinski definition) is 0. The summed E-state index contributed by atoms with van der Waals surface area (Å²) in [5.74, 6) is 0.151. The Labute approximate surface area is 200 Å². The van der Waals surface area contributed by atoms with Crippen molar-refractivity contribution >= 4 is 11.9 Å². The molecule has 2 saturated heterocycles. The zero-order chi connectivity index (χ0) is 23.8. The van der Waals surface area contributed by atoms with Crippen LogP contribution in [0.25, 0.3) is 5.95 Å². The molecule has 0 spiro atoms. The summed E-state index contributed by atoms with van der Waals surface area (Å²) in [6.07, 6.45) is 5.60. The average molecular weight is 476 g/mol. The van der Waals surface area contributed by atoms with Gasteiger partial charge in [0.15, 0.2) is 0 Å². The van der Waals surface area contributed by atoms with Crippen molar-refractivity contribution in [1.82, 2.24) is 40.0 Å². The zero-order valence-electron chi connectivity index (χ0n) is 19.0. The first-order valence-electron chi connectivity index (χ1n) is 11.6. The molecule has 12 heteroatoms. The molecule has 0 aliphatic carbocycles. The van der Waals surface area contributed by atoms with Gasteiger partial charge in [-0.05, 0) is 33.2 Å². The molecule has 35 heavy (non-hydrogen) atoms. The molecule has 0 N–H and O–H groups in total. The van der Waals surface area contributed by atoms with Crippen LogP contribution in [-0.4, -0.2) is 97.3 Å². The van der Waals surface area contributed by atoms with Crippen molar-refractivity contribution < 1.29 is 19.1 Å². The van der Waals surface area contributed by atoms with Crippen LogP contribution in [-0.2, 0) is 27.1 Å². The van der Waals surface area contributed by atoms with Crippen LogP contribution in [0.2, 0.25) is 0 Å². The van der Waals surface area contributed by atoms with Crippen LogP contribution >= 0.6 is 0 Å². The van der Waals surface area contributed by atoms with Crippen molar-refractivity contribution in [3.63, 3.8) is 0 Å². The number of carbonyl (C=O) groups excluding carboxylic acids is 2. The van der Waals surface area contributed by atoms with E-state index in [0.29, 0.717) is 37.8 Å². The van der Waals surface area contributed by atoms with Crippen molar-refractivity contribution in [2.24, 2.45) is 0 Å². The molecule has 3 aliphatic heterocycles. The van der Waals surface area contributed by atoms with Gasteiger partial charge in [0.25, 0.3) is 5.95 Å². The van der Waals surface area contributed by atoms with E-state index in [1.54, 1.807) is 12.4 Å². The molecule has 0 bridgehead atoms. The molecule has 3 aliphatic rings. The van der Waals surface area contributed by atoms with Crippen molar-refractivity contribution in [1.29, 1.82) is 0 Å². The number of tetrazole rings is 1. The number of amides is 1. The number of morpholine rings is 1. The van der Waals surface area contributed by atoms with Crippen molar-refractivity contribution in [2.75, 3.05) is 39.4 Å². The van der Waals surface area contributed by atoms with Gasteiger partial charge in [-0.15, -0.1) is 5.10 Å². The quantitative estimate of drug-likeness (QED) is 0.474. The lowest BCUT2D eigenvalue weighted by atomic mass is 9.96. The minimum absolute atomic E-state index is 0.0483. The number of ether oxygens (including phenoxy) is 2. The molecule has 0 radical (unpaired) electrons. The van der Waals surface area contributed by atoms with E-state index in [1.807, 2.05) is 17.0 Å². The molecule has 2 atom stereocenters. The average Bonchev–Trinajstić information content (AvgIpc) is 3.43. The minimum atomic E-state index is -0.252. The number of nitrogens with zero attached hydrogens (tertiary/aromatic N) is 8. The third-order valence-corrected chi connectivity index (χ3v) is 6.77. The maximum Gasteiger partial charge on any atom is 0.338 e. The lowest BCUT2D eigenvalue weighted by Crippen LogP contribution is -2.59. The van der Waals surface area contributed by atoms with Crippen LogP contribution in [0.15, 0.2) is 36.9 Å². The Balaban J connectivity index is 1.05. The second-order valence-corrected chi connectivity index (χ2v) is 8.94. The van der Waals surface area contributed by atoms with E-state index >= 15 is 0 Å². The summed E-state index contributed by atoms with van der Waals surface area (Å²) < 4.78 is 12.7. The number of piperazine rings is 1. The number of benzene rings is 1. The van der Waals surface area contributed by atoms with Crippen LogP contribution in [0.4, 0.5) is 0 Å². The van der Waals surface area contributed by atoms with Gasteiger partial charge in [-0.3, -0.25) is 9.69 Å². The van der Waals surface area contributed by atoms with Gasteiger partial charge < -0.3 is 14.4 Å². The SMILES string of the molecule is O=C1OCCc2cc(C3CN4CCN(C(=O)Cc5cnc(-n6cnnn6)nc5)CC4CO3)ccc21. The largest absolute Gasteiger partial charge is 0.462 e. The highest BCUT2D eigenvalue weighted by atomic mass is 16.5. The van der Waals surface area contributed by atoms with Gasteiger partial charge in [-0.1, -0.05) is 12.1 Å². The molecule has 5 heterocycles. The first-order valence-corrected chi connectivity index (χ1v) is 11.6. The summed E-state index contributed by atoms with van der Waals surface area (Å²) in [6, 6.07) is 6.04. The zero-order valence-corrected chi connectivity index (χ0v) is 19.0. The van der Waals surface area contributed by atoms with Gasteiger partial charge in [0.1, 0.15) is 6.33 Å². The van der Waals surface area contributed by atoms with Crippen molar-refractivity contribution in [2.45, 2.75) is 25.0 Å². The number of hydrogen-bond acceptors (Lipinski definition) is 10. The molecule has 3 aromatic rings. The standard InChI is InChI=1S/C23H24N8O4/c32-21(7-15-9-24-23(25-10-15)31-14-26-27-28-31)30-5-4-29-12-20(35-13-18(29)11-30)17-1-2-19-16(8-17)3-6-34-22(19)33/h1-2,8-10,14,18,20H,3-7,11-13H2. The molecule has 6 rings (SSSR count). The van der Waals surface area contributed by atoms with E-state index in [1.165, 1.54) is 11.0 Å². The lowest BCUT2D eigenvalue weighted by molar-refractivity contribution is -0.139. The van der Waals surface area contributed by atoms with E-state index in [0.717, 1.165) is 36.2 Å². The molecule has 1 amide bonds. The van der Waals surface area contributed by atoms with Gasteiger partial charge in [0, 0.05) is 45.0 Å². The smallest absolute Gasteiger partial charge is 0.338 e. The third-order valence-electron chi connectivity index (χ3n) is 6.77. The summed E-state index contributed by atoms with van der Waals surface area (Å²) in [6.45, 7) is 3.84. The van der Waals surface area contributed by atoms with Crippen molar-refractivity contribution in [3.05, 3.63) is 59.2 Å². The van der Waals surface area contributed by atoms with Crippen LogP contribution in [0.5, 0.6) is 0 Å². The Hall–Kier alpha value is -3.77. The Kier molecular flexibility index (Phi) is 5.66. The number of esters is 1. The normalized spacial score (nSPS) is 22.3. The molecular weight excluding hydrogens is 452 g/mol. The maximum absolute atomic E-state index is 12.9. The Morgan fingerprint density at radius 2 is 2.03 bits per heavy atom. The summed E-state index contributed by atoms with van der Waals surface area (Å²) in [7, 11) is 0. The van der Waals surface area contributed by atoms with E-state index in [-0.39, 0.29) is 30.4 Å². The second kappa shape index (κ2) is 9.12. The lowest BCUT2D eigenvalue weighted by Gasteiger charge is -2.46. The fourth-order valence-corrected chi connectivity index (χ4v) is 4.86. The van der Waals surface area contributed by atoms with E-state index in [9.17, 15) is 9.59 Å². The minimum Gasteiger partial charge on any atom is -0.462 e. The molecular formula is C23H24N8O4. The first kappa shape index (κ1) is 21.7. The number of aromatic nitrogens is 6. The molecule has 2 fully saturated rings. The molecule has 12 nitrogen and oxygen atoms in total. The highest BCUT2D eigenvalue weighted by Gasteiger charge is 2.36. The monoisotopic (exact) mass is 476 g/mol. The molecule has 1 aromatic carbocycles. The fourth-order valence-electron chi connectivity index (χ4n) is 4.86. The van der Waals surface area contributed by atoms with Crippen LogP contribution < -0.4 is 0 Å². The Morgan fingerprint density at radius 3 is 2.86 bits per heavy atom. The van der Waals surface area contributed by atoms with Crippen LogP contribution in [0.3, 0.4) is 0 Å². The predicted molar refractivity (Wildman–Crippen MR) is 120 cm³/mol. The molecule has 2 aromatic heterocycles. The number of rotatable bonds is 4. The van der Waals surface area contributed by atoms with Crippen molar-refractivity contribution in [3.8, 4) is 5.95 Å². The highest BCUT2D eigenvalue weighted by Crippen LogP contribution is 2.29. The highest BCUT2D eigenvalue weighted by molar-refractivity contribution is 5.92. The number of fused-ring (bicyclic) bond motifs is 2. The summed E-state index contributed by atoms with van der Waals surface area (Å²) in [5, 5.41) is 10.9. The number of carbonyl (C=O) groups is 2. The fraction of sp³-hybridized carbons (Fsp3) is 0.435. The second-order valence-electron chi connectivity index (χ2n) is 8.94. The summed E-state index contributed by atoms with van der Waals surface area (Å²) in [5.41, 5.74) is 3.50. The molecule has 180 valence electrons. The number of cyclic esters (lactones) is 1. The molecule has 0 saturated carbocycles. The van der Waals surface area contributed by atoms with Crippen LogP contribution in [0, 0.1) is 0 Å². The summed E-state index contributed by atoms with van der Waals surface area (Å²) >= 11 is 0. The van der Waals surface area contributed by atoms with Gasteiger partial charge in [-0.25, -0.2) is 14.8 Å². The van der Waals surface area contributed by atoms with Gasteiger partial charge >= 0.3 is 5.97 Å². The summed E-state index contributed by atoms with van der Waals surface area (Å²) in [4.78, 5) is 37.6. The molecule has 2 unspecified atom stereocenters. The van der Waals surface area contributed by atoms with E-state index in [4.69, 9.17) is 9.47 Å². The topological polar surface area (TPSA) is 128 Å². The van der Waals surface area contributed by atoms with Gasteiger partial charge in [0.2, 0.25) is 5.91 Å². The van der Waals surface area contributed by atoms with Gasteiger partial charge in [-0.2, -0.15) is 4.68 Å². The van der Waals surface area contributed by atoms with Crippen LogP contribution in [0.1, 0.15) is 33.2 Å². The van der Waals surface area contributed by atoms with E-state index < -0.39 is 0 Å². The Morgan fingerprint density at radius 1 is 1.14 bits per heavy atom. The maximum atomic E-state index is 12.9. The van der Waals surface area contributed by atoms with Gasteiger partial charge in [0.05, 0.1) is 37.3 Å². The third kappa shape index (κ3) is 4.37.